The van der Waals surface area contributed by atoms with Gasteiger partial charge in [-0.1, -0.05) is 23.7 Å². The number of piperazine rings is 1. The number of hydrogen-bond acceptors (Lipinski definition) is 6. The quantitative estimate of drug-likeness (QED) is 0.606. The highest BCUT2D eigenvalue weighted by molar-refractivity contribution is 6.29. The summed E-state index contributed by atoms with van der Waals surface area (Å²) in [5.41, 5.74) is 6.26. The van der Waals surface area contributed by atoms with Crippen LogP contribution in [0.3, 0.4) is 0 Å². The molecule has 0 radical (unpaired) electrons. The first-order valence-corrected chi connectivity index (χ1v) is 8.75. The van der Waals surface area contributed by atoms with Gasteiger partial charge in [-0.05, 0) is 25.1 Å². The fourth-order valence-electron chi connectivity index (χ4n) is 2.97. The number of nitrogens with two attached hydrogens (primary N) is 1. The highest BCUT2D eigenvalue weighted by Gasteiger charge is 2.18. The molecule has 6 nitrogen and oxygen atoms in total. The van der Waals surface area contributed by atoms with Gasteiger partial charge in [-0.3, -0.25) is 4.90 Å². The number of benzene rings is 1. The minimum Gasteiger partial charge on any atom is -0.370 e. The first kappa shape index (κ1) is 17.7. The largest absolute Gasteiger partial charge is 0.370 e. The van der Waals surface area contributed by atoms with E-state index in [1.54, 1.807) is 12.1 Å². The van der Waals surface area contributed by atoms with Crippen LogP contribution < -0.4 is 16.0 Å². The van der Waals surface area contributed by atoms with Crippen LogP contribution in [0.5, 0.6) is 0 Å². The number of nitrogens with zero attached hydrogens (tertiary/aromatic N) is 4. The summed E-state index contributed by atoms with van der Waals surface area (Å²) in [5.74, 6) is 0.657. The Morgan fingerprint density at radius 1 is 1.16 bits per heavy atom. The zero-order valence-corrected chi connectivity index (χ0v) is 14.7. The lowest BCUT2D eigenvalue weighted by molar-refractivity contribution is 0.256. The van der Waals surface area contributed by atoms with E-state index < -0.39 is 0 Å². The van der Waals surface area contributed by atoms with Crippen LogP contribution in [0.1, 0.15) is 6.42 Å². The van der Waals surface area contributed by atoms with Crippen LogP contribution in [-0.4, -0.2) is 54.1 Å². The summed E-state index contributed by atoms with van der Waals surface area (Å²) in [6.45, 7) is 5.30. The molecule has 0 aliphatic carbocycles. The molecule has 2 heterocycles. The van der Waals surface area contributed by atoms with Crippen LogP contribution in [-0.2, 0) is 0 Å². The highest BCUT2D eigenvalue weighted by Crippen LogP contribution is 2.20. The predicted octanol–water partition coefficient (Wildman–Crippen LogP) is 2.48. The summed E-state index contributed by atoms with van der Waals surface area (Å²) in [6.07, 6.45) is 0.973. The number of rotatable bonds is 6. The van der Waals surface area contributed by atoms with Crippen molar-refractivity contribution in [3.8, 4) is 0 Å². The molecule has 1 fully saturated rings. The highest BCUT2D eigenvalue weighted by atomic mass is 35.5. The van der Waals surface area contributed by atoms with Crippen LogP contribution in [0, 0.1) is 5.82 Å². The Kier molecular flexibility index (Phi) is 5.88. The number of aromatic nitrogens is 2. The zero-order valence-electron chi connectivity index (χ0n) is 14.0. The lowest BCUT2D eigenvalue weighted by atomic mass is 10.2. The average Bonchev–Trinajstić information content (AvgIpc) is 2.59. The van der Waals surface area contributed by atoms with Gasteiger partial charge < -0.3 is 16.0 Å². The third-order valence-electron chi connectivity index (χ3n) is 4.23. The molecular formula is C17H22ClFN6. The lowest BCUT2D eigenvalue weighted by Crippen LogP contribution is -2.47. The number of hydrogen-bond donors (Lipinski definition) is 2. The Morgan fingerprint density at radius 2 is 1.92 bits per heavy atom. The van der Waals surface area contributed by atoms with Crippen LogP contribution in [0.25, 0.3) is 0 Å². The molecule has 0 atom stereocenters. The number of anilines is 3. The van der Waals surface area contributed by atoms with Crippen molar-refractivity contribution in [3.05, 3.63) is 41.3 Å². The molecular weight excluding hydrogens is 343 g/mol. The van der Waals surface area contributed by atoms with Gasteiger partial charge in [0.25, 0.3) is 0 Å². The van der Waals surface area contributed by atoms with E-state index in [1.165, 1.54) is 6.07 Å². The molecule has 1 aromatic carbocycles. The average molecular weight is 365 g/mol. The number of nitrogens with one attached hydrogen (secondary N) is 1. The van der Waals surface area contributed by atoms with Crippen LogP contribution in [0.4, 0.5) is 21.8 Å². The predicted molar refractivity (Wildman–Crippen MR) is 99.6 cm³/mol. The molecule has 25 heavy (non-hydrogen) atoms. The van der Waals surface area contributed by atoms with Crippen molar-refractivity contribution in [2.45, 2.75) is 6.42 Å². The van der Waals surface area contributed by atoms with E-state index in [0.29, 0.717) is 16.7 Å². The smallest absolute Gasteiger partial charge is 0.223 e. The van der Waals surface area contributed by atoms with E-state index in [1.807, 2.05) is 12.1 Å². The Bertz CT molecular complexity index is 685. The Hall–Kier alpha value is -2.12. The lowest BCUT2D eigenvalue weighted by Gasteiger charge is -2.36. The Balaban J connectivity index is 1.39. The minimum atomic E-state index is -0.150. The molecule has 0 saturated carbocycles. The van der Waals surface area contributed by atoms with Gasteiger partial charge in [0.15, 0.2) is 0 Å². The topological polar surface area (TPSA) is 70.3 Å². The fourth-order valence-corrected chi connectivity index (χ4v) is 3.16. The van der Waals surface area contributed by atoms with Crippen molar-refractivity contribution in [2.75, 3.05) is 55.2 Å². The van der Waals surface area contributed by atoms with Gasteiger partial charge in [-0.25, -0.2) is 9.37 Å². The van der Waals surface area contributed by atoms with E-state index in [-0.39, 0.29) is 11.8 Å². The second-order valence-electron chi connectivity index (χ2n) is 5.99. The minimum absolute atomic E-state index is 0.150. The normalized spacial score (nSPS) is 15.4. The second-order valence-corrected chi connectivity index (χ2v) is 6.38. The van der Waals surface area contributed by atoms with Crippen LogP contribution in [0.2, 0.25) is 5.15 Å². The molecule has 0 spiro atoms. The van der Waals surface area contributed by atoms with Gasteiger partial charge >= 0.3 is 0 Å². The monoisotopic (exact) mass is 364 g/mol. The summed E-state index contributed by atoms with van der Waals surface area (Å²) in [4.78, 5) is 12.4. The summed E-state index contributed by atoms with van der Waals surface area (Å²) in [5, 5.41) is 3.54. The van der Waals surface area contributed by atoms with Gasteiger partial charge in [0.1, 0.15) is 16.8 Å². The van der Waals surface area contributed by atoms with Crippen LogP contribution in [0.15, 0.2) is 30.3 Å². The standard InChI is InChI=1S/C17H22ClFN6/c18-15-12-16(23-17(20)22-15)21-6-3-7-24-8-10-25(11-9-24)14-5-2-1-4-13(14)19/h1-2,4-5,12H,3,6-11H2,(H3,20,21,22,23). The molecule has 0 amide bonds. The Labute approximate surface area is 151 Å². The summed E-state index contributed by atoms with van der Waals surface area (Å²) < 4.78 is 13.8. The van der Waals surface area contributed by atoms with Gasteiger partial charge in [-0.2, -0.15) is 4.98 Å². The maximum absolute atomic E-state index is 13.8. The van der Waals surface area contributed by atoms with E-state index in [9.17, 15) is 4.39 Å². The van der Waals surface area contributed by atoms with Crippen LogP contribution >= 0.6 is 11.6 Å². The van der Waals surface area contributed by atoms with Crippen molar-refractivity contribution in [1.29, 1.82) is 0 Å². The van der Waals surface area contributed by atoms with Crippen molar-refractivity contribution in [3.63, 3.8) is 0 Å². The molecule has 134 valence electrons. The van der Waals surface area contributed by atoms with Gasteiger partial charge in [0, 0.05) is 38.8 Å². The number of para-hydroxylation sites is 1. The number of nitrogen functional groups attached to an aromatic ring is 1. The molecule has 1 aliphatic heterocycles. The zero-order chi connectivity index (χ0) is 17.6. The number of halogens is 2. The maximum atomic E-state index is 13.8. The van der Waals surface area contributed by atoms with E-state index >= 15 is 0 Å². The van der Waals surface area contributed by atoms with E-state index in [2.05, 4.69) is 25.1 Å². The molecule has 2 aromatic rings. The third kappa shape index (κ3) is 4.93. The molecule has 3 rings (SSSR count). The van der Waals surface area contributed by atoms with Gasteiger partial charge in [0.2, 0.25) is 5.95 Å². The maximum Gasteiger partial charge on any atom is 0.223 e. The SMILES string of the molecule is Nc1nc(Cl)cc(NCCCN2CCN(c3ccccc3F)CC2)n1. The molecule has 0 bridgehead atoms. The molecule has 3 N–H and O–H groups in total. The van der Waals surface area contributed by atoms with Crippen molar-refractivity contribution >= 4 is 29.1 Å². The molecule has 0 unspecified atom stereocenters. The molecule has 1 saturated heterocycles. The van der Waals surface area contributed by atoms with Crippen molar-refractivity contribution < 1.29 is 4.39 Å². The summed E-state index contributed by atoms with van der Waals surface area (Å²) >= 11 is 5.85. The van der Waals surface area contributed by atoms with Crippen molar-refractivity contribution in [1.82, 2.24) is 14.9 Å². The van der Waals surface area contributed by atoms with Gasteiger partial charge in [-0.15, -0.1) is 0 Å². The molecule has 8 heteroatoms. The summed E-state index contributed by atoms with van der Waals surface area (Å²) in [6, 6.07) is 8.61. The fraction of sp³-hybridized carbons (Fsp3) is 0.412. The first-order chi connectivity index (χ1) is 12.1. The van der Waals surface area contributed by atoms with E-state index in [0.717, 1.165) is 45.7 Å². The first-order valence-electron chi connectivity index (χ1n) is 8.37. The molecule has 1 aromatic heterocycles. The summed E-state index contributed by atoms with van der Waals surface area (Å²) in [7, 11) is 0. The second kappa shape index (κ2) is 8.31. The van der Waals surface area contributed by atoms with Crippen molar-refractivity contribution in [2.24, 2.45) is 0 Å². The van der Waals surface area contributed by atoms with E-state index in [4.69, 9.17) is 17.3 Å². The third-order valence-corrected chi connectivity index (χ3v) is 4.43. The Morgan fingerprint density at radius 3 is 2.64 bits per heavy atom. The van der Waals surface area contributed by atoms with Gasteiger partial charge in [0.05, 0.1) is 5.69 Å². The molecule has 1 aliphatic rings.